The Morgan fingerprint density at radius 3 is 2.53 bits per heavy atom. The summed E-state index contributed by atoms with van der Waals surface area (Å²) in [6.45, 7) is 1.41. The topological polar surface area (TPSA) is 107 Å². The number of hydrogen-bond donors (Lipinski definition) is 1. The summed E-state index contributed by atoms with van der Waals surface area (Å²) in [6.07, 6.45) is 0. The van der Waals surface area contributed by atoms with Crippen molar-refractivity contribution in [3.8, 4) is 0 Å². The van der Waals surface area contributed by atoms with Gasteiger partial charge in [0.05, 0.1) is 16.4 Å². The van der Waals surface area contributed by atoms with Crippen molar-refractivity contribution in [3.63, 3.8) is 0 Å². The fourth-order valence-electron chi connectivity index (χ4n) is 2.01. The molecule has 2 rings (SSSR count). The first kappa shape index (κ1) is 13.8. The second-order valence-corrected chi connectivity index (χ2v) is 6.88. The highest BCUT2D eigenvalue weighted by atomic mass is 32.2. The van der Waals surface area contributed by atoms with Gasteiger partial charge >= 0.3 is 0 Å². The third-order valence-corrected chi connectivity index (χ3v) is 4.74. The highest BCUT2D eigenvalue weighted by molar-refractivity contribution is 7.91. The predicted molar refractivity (Wildman–Crippen MR) is 71.4 cm³/mol. The number of rotatable bonds is 3. The normalized spacial score (nSPS) is 19.2. The van der Waals surface area contributed by atoms with E-state index >= 15 is 0 Å². The van der Waals surface area contributed by atoms with Crippen LogP contribution in [-0.2, 0) is 16.4 Å². The van der Waals surface area contributed by atoms with Crippen molar-refractivity contribution in [2.75, 3.05) is 30.3 Å². The van der Waals surface area contributed by atoms with Gasteiger partial charge in [0.2, 0.25) is 0 Å². The zero-order chi connectivity index (χ0) is 14.0. The van der Waals surface area contributed by atoms with Gasteiger partial charge in [-0.25, -0.2) is 8.42 Å². The van der Waals surface area contributed by atoms with Gasteiger partial charge < -0.3 is 5.73 Å². The van der Waals surface area contributed by atoms with E-state index in [9.17, 15) is 18.5 Å². The van der Waals surface area contributed by atoms with Gasteiger partial charge in [-0.05, 0) is 11.6 Å². The van der Waals surface area contributed by atoms with Gasteiger partial charge in [-0.2, -0.15) is 0 Å². The molecule has 0 spiro atoms. The van der Waals surface area contributed by atoms with Crippen LogP contribution in [0.25, 0.3) is 0 Å². The minimum Gasteiger partial charge on any atom is -0.393 e. The third kappa shape index (κ3) is 3.42. The lowest BCUT2D eigenvalue weighted by Crippen LogP contribution is -2.39. The number of anilines is 1. The van der Waals surface area contributed by atoms with E-state index in [1.165, 1.54) is 12.1 Å². The van der Waals surface area contributed by atoms with Crippen molar-refractivity contribution < 1.29 is 13.3 Å². The van der Waals surface area contributed by atoms with E-state index in [2.05, 4.69) is 0 Å². The van der Waals surface area contributed by atoms with Crippen LogP contribution in [0.5, 0.6) is 0 Å². The molecule has 0 saturated carbocycles. The van der Waals surface area contributed by atoms with Crippen molar-refractivity contribution in [2.24, 2.45) is 0 Å². The van der Waals surface area contributed by atoms with Crippen molar-refractivity contribution in [2.45, 2.75) is 6.54 Å². The molecular formula is C11H15N3O4S. The molecular weight excluding hydrogens is 270 g/mol. The maximum Gasteiger partial charge on any atom is 0.292 e. The maximum atomic E-state index is 11.3. The Morgan fingerprint density at radius 2 is 1.95 bits per heavy atom. The molecule has 2 N–H and O–H groups in total. The first-order valence-corrected chi connectivity index (χ1v) is 7.65. The number of nitrogens with zero attached hydrogens (tertiary/aromatic N) is 2. The molecule has 8 heteroatoms. The minimum atomic E-state index is -2.91. The zero-order valence-corrected chi connectivity index (χ0v) is 11.1. The summed E-state index contributed by atoms with van der Waals surface area (Å²) in [5, 5.41) is 10.8. The van der Waals surface area contributed by atoms with Gasteiger partial charge in [0, 0.05) is 25.7 Å². The van der Waals surface area contributed by atoms with E-state index in [4.69, 9.17) is 5.73 Å². The van der Waals surface area contributed by atoms with Crippen LogP contribution in [0.2, 0.25) is 0 Å². The molecule has 1 aromatic carbocycles. The average Bonchev–Trinajstić information content (AvgIpc) is 2.34. The van der Waals surface area contributed by atoms with E-state index in [0.717, 1.165) is 5.56 Å². The van der Waals surface area contributed by atoms with Crippen molar-refractivity contribution >= 4 is 21.2 Å². The monoisotopic (exact) mass is 285 g/mol. The van der Waals surface area contributed by atoms with Gasteiger partial charge in [0.25, 0.3) is 5.69 Å². The number of sulfone groups is 1. The Labute approximate surface area is 111 Å². The fraction of sp³-hybridized carbons (Fsp3) is 0.455. The smallest absolute Gasteiger partial charge is 0.292 e. The fourth-order valence-corrected chi connectivity index (χ4v) is 3.29. The Morgan fingerprint density at radius 1 is 1.32 bits per heavy atom. The SMILES string of the molecule is Nc1ccc(CN2CCS(=O)(=O)CC2)cc1[N+](=O)[O-]. The standard InChI is InChI=1S/C11H15N3O4S/c12-10-2-1-9(7-11(10)14(15)16)8-13-3-5-19(17,18)6-4-13/h1-2,7H,3-6,8,12H2. The number of nitro benzene ring substituents is 1. The van der Waals surface area contributed by atoms with Crippen LogP contribution in [0.15, 0.2) is 18.2 Å². The van der Waals surface area contributed by atoms with E-state index < -0.39 is 14.8 Å². The molecule has 1 saturated heterocycles. The lowest BCUT2D eigenvalue weighted by molar-refractivity contribution is -0.384. The maximum absolute atomic E-state index is 11.3. The lowest BCUT2D eigenvalue weighted by Gasteiger charge is -2.26. The number of nitro groups is 1. The quantitative estimate of drug-likeness (QED) is 0.489. The first-order valence-electron chi connectivity index (χ1n) is 5.83. The van der Waals surface area contributed by atoms with Crippen LogP contribution in [-0.4, -0.2) is 42.8 Å². The average molecular weight is 285 g/mol. The Hall–Kier alpha value is -1.67. The van der Waals surface area contributed by atoms with Crippen LogP contribution in [0.4, 0.5) is 11.4 Å². The van der Waals surface area contributed by atoms with Gasteiger partial charge in [-0.15, -0.1) is 0 Å². The minimum absolute atomic E-state index is 0.109. The predicted octanol–water partition coefficient (Wildman–Crippen LogP) is 0.407. The summed E-state index contributed by atoms with van der Waals surface area (Å²) in [5.41, 5.74) is 6.31. The van der Waals surface area contributed by atoms with Crippen LogP contribution in [0, 0.1) is 10.1 Å². The first-order chi connectivity index (χ1) is 8.87. The Bertz CT molecular complexity index is 586. The van der Waals surface area contributed by atoms with Crippen molar-refractivity contribution in [3.05, 3.63) is 33.9 Å². The molecule has 0 bridgehead atoms. The summed E-state index contributed by atoms with van der Waals surface area (Å²) < 4.78 is 22.6. The molecule has 104 valence electrons. The summed E-state index contributed by atoms with van der Waals surface area (Å²) >= 11 is 0. The molecule has 0 atom stereocenters. The Kier molecular flexibility index (Phi) is 3.72. The highest BCUT2D eigenvalue weighted by Gasteiger charge is 2.22. The summed E-state index contributed by atoms with van der Waals surface area (Å²) in [6, 6.07) is 4.68. The van der Waals surface area contributed by atoms with Crippen LogP contribution in [0.1, 0.15) is 5.56 Å². The van der Waals surface area contributed by atoms with Gasteiger partial charge in [0.15, 0.2) is 9.84 Å². The van der Waals surface area contributed by atoms with E-state index in [0.29, 0.717) is 19.6 Å². The molecule has 0 aromatic heterocycles. The molecule has 0 aliphatic carbocycles. The molecule has 0 unspecified atom stereocenters. The van der Waals surface area contributed by atoms with Crippen LogP contribution >= 0.6 is 0 Å². The number of nitrogen functional groups attached to an aromatic ring is 1. The molecule has 7 nitrogen and oxygen atoms in total. The summed E-state index contributed by atoms with van der Waals surface area (Å²) in [5.74, 6) is 0.286. The number of nitrogens with two attached hydrogens (primary N) is 1. The largest absolute Gasteiger partial charge is 0.393 e. The van der Waals surface area contributed by atoms with E-state index in [-0.39, 0.29) is 22.9 Å². The molecule has 1 aliphatic rings. The van der Waals surface area contributed by atoms with E-state index in [1.807, 2.05) is 4.90 Å². The Balaban J connectivity index is 2.08. The van der Waals surface area contributed by atoms with Gasteiger partial charge in [0.1, 0.15) is 5.69 Å². The number of hydrogen-bond acceptors (Lipinski definition) is 6. The van der Waals surface area contributed by atoms with Crippen molar-refractivity contribution in [1.82, 2.24) is 4.90 Å². The molecule has 1 fully saturated rings. The summed E-state index contributed by atoms with van der Waals surface area (Å²) in [4.78, 5) is 12.2. The summed E-state index contributed by atoms with van der Waals surface area (Å²) in [7, 11) is -2.91. The second-order valence-electron chi connectivity index (χ2n) is 4.58. The number of benzene rings is 1. The second kappa shape index (κ2) is 5.14. The zero-order valence-electron chi connectivity index (χ0n) is 10.3. The van der Waals surface area contributed by atoms with Gasteiger partial charge in [-0.1, -0.05) is 6.07 Å². The molecule has 1 heterocycles. The molecule has 19 heavy (non-hydrogen) atoms. The van der Waals surface area contributed by atoms with Crippen molar-refractivity contribution in [1.29, 1.82) is 0 Å². The molecule has 1 aromatic rings. The molecule has 0 radical (unpaired) electrons. The van der Waals surface area contributed by atoms with Crippen LogP contribution in [0.3, 0.4) is 0 Å². The van der Waals surface area contributed by atoms with E-state index in [1.54, 1.807) is 6.07 Å². The lowest BCUT2D eigenvalue weighted by atomic mass is 10.1. The third-order valence-electron chi connectivity index (χ3n) is 3.13. The van der Waals surface area contributed by atoms with Gasteiger partial charge in [-0.3, -0.25) is 15.0 Å². The molecule has 0 amide bonds. The molecule has 1 aliphatic heterocycles. The highest BCUT2D eigenvalue weighted by Crippen LogP contribution is 2.23. The van der Waals surface area contributed by atoms with Crippen LogP contribution < -0.4 is 5.73 Å².